The van der Waals surface area contributed by atoms with Gasteiger partial charge in [-0.15, -0.1) is 0 Å². The minimum atomic E-state index is -8.70. The average molecular weight is 582 g/mol. The summed E-state index contributed by atoms with van der Waals surface area (Å²) in [5.74, 6) is -50.5. The van der Waals surface area contributed by atoms with Crippen molar-refractivity contribution in [3.63, 3.8) is 0 Å². The van der Waals surface area contributed by atoms with E-state index in [0.717, 1.165) is 20.8 Å². The Hall–Kier alpha value is -1.09. The Morgan fingerprint density at radius 2 is 0.629 bits per heavy atom. The van der Waals surface area contributed by atoms with Crippen molar-refractivity contribution in [1.82, 2.24) is 0 Å². The first-order valence-electron chi connectivity index (χ1n) is 8.81. The fourth-order valence-corrected chi connectivity index (χ4v) is 4.80. The largest absolute Gasteiger partial charge is 0.582 e. The molecule has 0 heterocycles. The molecule has 0 spiro atoms. The van der Waals surface area contributed by atoms with E-state index >= 15 is 0 Å². The van der Waals surface area contributed by atoms with Crippen LogP contribution >= 0.6 is 0 Å². The van der Waals surface area contributed by atoms with E-state index < -0.39 is 75.9 Å². The van der Waals surface area contributed by atoms with Crippen molar-refractivity contribution < 1.29 is 87.9 Å². The number of hydrogen-bond donors (Lipinski definition) is 0. The molecule has 212 valence electrons. The molecule has 0 aromatic rings. The van der Waals surface area contributed by atoms with Gasteiger partial charge in [0, 0.05) is 19.8 Å². The molecule has 0 rings (SSSR count). The predicted molar refractivity (Wildman–Crippen MR) is 81.3 cm³/mol. The summed E-state index contributed by atoms with van der Waals surface area (Å²) < 4.78 is 241. The molecule has 0 aliphatic carbocycles. The van der Waals surface area contributed by atoms with Crippen LogP contribution in [0.2, 0.25) is 0 Å². The highest BCUT2D eigenvalue weighted by Crippen LogP contribution is 2.64. The molecule has 0 aliphatic heterocycles. The first-order valence-corrected chi connectivity index (χ1v) is 10.5. The van der Waals surface area contributed by atoms with E-state index in [0.29, 0.717) is 0 Å². The van der Waals surface area contributed by atoms with Crippen LogP contribution in [0.15, 0.2) is 0 Å². The standard InChI is InChI=1S/C14H15F17O3Si/c1-4-32-35(33-5-2,34-6-3)14(30,31)12(25,26)10(21,22)8(17,18)7(15,16)9(19,20)11(23,24)13(27,28)29/h4-6H2,1-3H3. The molecule has 0 atom stereocenters. The number of hydrogen-bond acceptors (Lipinski definition) is 3. The first kappa shape index (κ1) is 33.9. The second-order valence-corrected chi connectivity index (χ2v) is 8.98. The number of alkyl halides is 17. The monoisotopic (exact) mass is 582 g/mol. The summed E-state index contributed by atoms with van der Waals surface area (Å²) in [5.41, 5.74) is -6.87. The van der Waals surface area contributed by atoms with Gasteiger partial charge in [-0.3, -0.25) is 0 Å². The second-order valence-electron chi connectivity index (χ2n) is 6.37. The number of rotatable bonds is 13. The maximum Gasteiger partial charge on any atom is 0.582 e. The highest BCUT2D eigenvalue weighted by molar-refractivity contribution is 6.63. The van der Waals surface area contributed by atoms with Crippen LogP contribution in [0, 0.1) is 0 Å². The van der Waals surface area contributed by atoms with Crippen molar-refractivity contribution in [2.24, 2.45) is 0 Å². The maximum atomic E-state index is 14.6. The molecule has 3 nitrogen and oxygen atoms in total. The molecule has 0 fully saturated rings. The maximum absolute atomic E-state index is 14.6. The van der Waals surface area contributed by atoms with Crippen LogP contribution in [0.4, 0.5) is 74.6 Å². The molecule has 0 saturated heterocycles. The van der Waals surface area contributed by atoms with Crippen LogP contribution in [-0.2, 0) is 13.3 Å². The summed E-state index contributed by atoms with van der Waals surface area (Å²) in [6, 6.07) is 0. The second kappa shape index (κ2) is 9.65. The molecular formula is C14H15F17O3Si. The predicted octanol–water partition coefficient (Wildman–Crippen LogP) is 6.58. The van der Waals surface area contributed by atoms with Crippen LogP contribution in [-0.4, -0.2) is 75.9 Å². The van der Waals surface area contributed by atoms with E-state index in [2.05, 4.69) is 13.3 Å². The molecular weight excluding hydrogens is 567 g/mol. The Kier molecular flexibility index (Phi) is 9.35. The average Bonchev–Trinajstić information content (AvgIpc) is 2.66. The van der Waals surface area contributed by atoms with Gasteiger partial charge in [0.25, 0.3) is 0 Å². The van der Waals surface area contributed by atoms with Crippen LogP contribution < -0.4 is 0 Å². The Balaban J connectivity index is 7.10. The first-order chi connectivity index (χ1) is 15.2. The van der Waals surface area contributed by atoms with Crippen LogP contribution in [0.3, 0.4) is 0 Å². The van der Waals surface area contributed by atoms with E-state index in [1.807, 2.05) is 0 Å². The van der Waals surface area contributed by atoms with Gasteiger partial charge in [-0.1, -0.05) is 0 Å². The normalized spacial score (nSPS) is 16.1. The van der Waals surface area contributed by atoms with Crippen molar-refractivity contribution >= 4 is 8.80 Å². The third kappa shape index (κ3) is 4.57. The highest BCUT2D eigenvalue weighted by Gasteiger charge is 2.97. The molecule has 21 heteroatoms. The SMILES string of the molecule is CCO[Si](OCC)(OCC)C(F)(F)C(F)(F)C(F)(F)C(F)(F)C(F)(F)C(F)(F)C(F)(F)C(F)(F)F. The summed E-state index contributed by atoms with van der Waals surface area (Å²) in [7, 11) is -6.68. The molecule has 0 aromatic carbocycles. The Morgan fingerprint density at radius 1 is 0.400 bits per heavy atom. The zero-order valence-electron chi connectivity index (χ0n) is 17.3. The van der Waals surface area contributed by atoms with E-state index in [4.69, 9.17) is 0 Å². The Bertz CT molecular complexity index is 676. The van der Waals surface area contributed by atoms with Gasteiger partial charge in [0.2, 0.25) is 0 Å². The molecule has 35 heavy (non-hydrogen) atoms. The molecule has 0 unspecified atom stereocenters. The summed E-state index contributed by atoms with van der Waals surface area (Å²) in [6.07, 6.45) is -7.81. The summed E-state index contributed by atoms with van der Waals surface area (Å²) in [4.78, 5) is 0. The minimum Gasteiger partial charge on any atom is -0.370 e. The fraction of sp³-hybridized carbons (Fsp3) is 1.00. The van der Waals surface area contributed by atoms with Gasteiger partial charge in [-0.25, -0.2) is 0 Å². The van der Waals surface area contributed by atoms with Gasteiger partial charge in [-0.05, 0) is 20.8 Å². The molecule has 0 amide bonds. The lowest BCUT2D eigenvalue weighted by atomic mass is 9.91. The van der Waals surface area contributed by atoms with Crippen molar-refractivity contribution in [3.05, 3.63) is 0 Å². The molecule has 0 bridgehead atoms. The molecule has 0 saturated carbocycles. The van der Waals surface area contributed by atoms with Gasteiger partial charge in [-0.2, -0.15) is 74.6 Å². The van der Waals surface area contributed by atoms with Crippen molar-refractivity contribution in [3.8, 4) is 0 Å². The smallest absolute Gasteiger partial charge is 0.370 e. The van der Waals surface area contributed by atoms with E-state index in [-0.39, 0.29) is 0 Å². The Labute approximate surface area is 185 Å². The van der Waals surface area contributed by atoms with E-state index in [1.54, 1.807) is 0 Å². The molecule has 0 N–H and O–H groups in total. The van der Waals surface area contributed by atoms with Gasteiger partial charge in [0.15, 0.2) is 0 Å². The van der Waals surface area contributed by atoms with Gasteiger partial charge in [0.05, 0.1) is 0 Å². The summed E-state index contributed by atoms with van der Waals surface area (Å²) in [6.45, 7) is -1.25. The summed E-state index contributed by atoms with van der Waals surface area (Å²) >= 11 is 0. The Morgan fingerprint density at radius 3 is 0.857 bits per heavy atom. The third-order valence-electron chi connectivity index (χ3n) is 4.11. The lowest BCUT2D eigenvalue weighted by Crippen LogP contribution is -2.78. The lowest BCUT2D eigenvalue weighted by Gasteiger charge is -2.45. The van der Waals surface area contributed by atoms with Gasteiger partial charge in [0.1, 0.15) is 0 Å². The van der Waals surface area contributed by atoms with Gasteiger partial charge >= 0.3 is 56.1 Å². The van der Waals surface area contributed by atoms with Crippen molar-refractivity contribution in [2.45, 2.75) is 68.0 Å². The lowest BCUT2D eigenvalue weighted by molar-refractivity contribution is -0.459. The highest BCUT2D eigenvalue weighted by atomic mass is 28.4. The summed E-state index contributed by atoms with van der Waals surface area (Å²) in [5, 5.41) is 0. The van der Waals surface area contributed by atoms with Crippen molar-refractivity contribution in [1.29, 1.82) is 0 Å². The van der Waals surface area contributed by atoms with Crippen LogP contribution in [0.1, 0.15) is 20.8 Å². The van der Waals surface area contributed by atoms with Gasteiger partial charge < -0.3 is 13.3 Å². The molecule has 0 radical (unpaired) electrons. The van der Waals surface area contributed by atoms with Crippen LogP contribution in [0.25, 0.3) is 0 Å². The quantitative estimate of drug-likeness (QED) is 0.181. The zero-order chi connectivity index (χ0) is 28.7. The van der Waals surface area contributed by atoms with Crippen molar-refractivity contribution in [2.75, 3.05) is 19.8 Å². The zero-order valence-corrected chi connectivity index (χ0v) is 18.3. The molecule has 0 aliphatic rings. The number of halogens is 17. The fourth-order valence-electron chi connectivity index (χ4n) is 2.32. The third-order valence-corrected chi connectivity index (χ3v) is 7.20. The van der Waals surface area contributed by atoms with E-state index in [9.17, 15) is 74.6 Å². The topological polar surface area (TPSA) is 27.7 Å². The van der Waals surface area contributed by atoms with Crippen LogP contribution in [0.5, 0.6) is 0 Å². The minimum absolute atomic E-state index is 0.731. The molecule has 0 aromatic heterocycles. The van der Waals surface area contributed by atoms with E-state index in [1.165, 1.54) is 0 Å².